The maximum Gasteiger partial charge on any atom is 0.124 e. The van der Waals surface area contributed by atoms with Gasteiger partial charge in [-0.15, -0.1) is 11.6 Å². The maximum atomic E-state index is 13.3. The van der Waals surface area contributed by atoms with Crippen LogP contribution in [-0.2, 0) is 6.54 Å². The highest BCUT2D eigenvalue weighted by Gasteiger charge is 2.23. The van der Waals surface area contributed by atoms with Gasteiger partial charge in [0.1, 0.15) is 5.82 Å². The molecule has 0 amide bonds. The first-order chi connectivity index (χ1) is 8.69. The molecular weight excluding hydrogens is 317 g/mol. The smallest absolute Gasteiger partial charge is 0.124 e. The van der Waals surface area contributed by atoms with Gasteiger partial charge in [0.15, 0.2) is 0 Å². The van der Waals surface area contributed by atoms with Gasteiger partial charge in [-0.1, -0.05) is 15.9 Å². The zero-order valence-corrected chi connectivity index (χ0v) is 12.7. The highest BCUT2D eigenvalue weighted by molar-refractivity contribution is 9.10. The van der Waals surface area contributed by atoms with Crippen molar-refractivity contribution >= 4 is 27.5 Å². The summed E-state index contributed by atoms with van der Waals surface area (Å²) in [7, 11) is 0. The summed E-state index contributed by atoms with van der Waals surface area (Å²) in [6, 6.07) is 5.74. The summed E-state index contributed by atoms with van der Waals surface area (Å²) in [5, 5.41) is 0. The van der Waals surface area contributed by atoms with Crippen LogP contribution in [0.2, 0.25) is 0 Å². The number of halogens is 3. The fraction of sp³-hybridized carbons (Fsp3) is 0.571. The zero-order chi connectivity index (χ0) is 13.0. The monoisotopic (exact) mass is 333 g/mol. The molecule has 18 heavy (non-hydrogen) atoms. The first-order valence-electron chi connectivity index (χ1n) is 6.44. The summed E-state index contributed by atoms with van der Waals surface area (Å²) in [5.41, 5.74) is 1.04. The van der Waals surface area contributed by atoms with Crippen molar-refractivity contribution in [1.29, 1.82) is 0 Å². The van der Waals surface area contributed by atoms with Crippen molar-refractivity contribution in [3.63, 3.8) is 0 Å². The maximum absolute atomic E-state index is 13.3. The van der Waals surface area contributed by atoms with E-state index in [-0.39, 0.29) is 5.82 Å². The van der Waals surface area contributed by atoms with E-state index in [0.717, 1.165) is 41.8 Å². The molecule has 0 spiro atoms. The van der Waals surface area contributed by atoms with Crippen molar-refractivity contribution in [2.45, 2.75) is 38.3 Å². The van der Waals surface area contributed by atoms with Crippen molar-refractivity contribution in [2.75, 3.05) is 12.4 Å². The SMILES string of the molecule is Fc1cc(Br)cc(CN2CCCC2CCCCl)c1. The van der Waals surface area contributed by atoms with Gasteiger partial charge in [-0.2, -0.15) is 0 Å². The summed E-state index contributed by atoms with van der Waals surface area (Å²) in [4.78, 5) is 2.45. The Morgan fingerprint density at radius 1 is 1.39 bits per heavy atom. The van der Waals surface area contributed by atoms with E-state index in [0.29, 0.717) is 6.04 Å². The van der Waals surface area contributed by atoms with Crippen LogP contribution < -0.4 is 0 Å². The Kier molecular flexibility index (Phi) is 5.46. The van der Waals surface area contributed by atoms with Crippen LogP contribution in [0.25, 0.3) is 0 Å². The Bertz CT molecular complexity index is 379. The molecule has 0 saturated carbocycles. The third-order valence-electron chi connectivity index (χ3n) is 3.48. The average molecular weight is 335 g/mol. The van der Waals surface area contributed by atoms with Gasteiger partial charge in [0.25, 0.3) is 0 Å². The van der Waals surface area contributed by atoms with Gasteiger partial charge in [0, 0.05) is 22.9 Å². The second kappa shape index (κ2) is 6.88. The van der Waals surface area contributed by atoms with Crippen LogP contribution >= 0.6 is 27.5 Å². The first kappa shape index (κ1) is 14.3. The standard InChI is InChI=1S/C14H18BrClFN/c15-12-7-11(8-13(17)9-12)10-18-6-2-4-14(18)3-1-5-16/h7-9,14H,1-6,10H2. The van der Waals surface area contributed by atoms with Gasteiger partial charge in [-0.25, -0.2) is 4.39 Å². The molecule has 0 N–H and O–H groups in total. The lowest BCUT2D eigenvalue weighted by atomic mass is 10.1. The van der Waals surface area contributed by atoms with Crippen molar-refractivity contribution in [2.24, 2.45) is 0 Å². The minimum Gasteiger partial charge on any atom is -0.296 e. The van der Waals surface area contributed by atoms with Crippen LogP contribution in [0.4, 0.5) is 4.39 Å². The van der Waals surface area contributed by atoms with Gasteiger partial charge in [-0.3, -0.25) is 4.90 Å². The van der Waals surface area contributed by atoms with Crippen LogP contribution in [0.5, 0.6) is 0 Å². The fourth-order valence-electron chi connectivity index (χ4n) is 2.68. The summed E-state index contributed by atoms with van der Waals surface area (Å²) >= 11 is 9.10. The first-order valence-corrected chi connectivity index (χ1v) is 7.77. The normalized spacial score (nSPS) is 20.5. The summed E-state index contributed by atoms with van der Waals surface area (Å²) < 4.78 is 14.1. The van der Waals surface area contributed by atoms with E-state index in [2.05, 4.69) is 20.8 Å². The Balaban J connectivity index is 1.98. The molecule has 1 aromatic rings. The van der Waals surface area contributed by atoms with E-state index in [4.69, 9.17) is 11.6 Å². The topological polar surface area (TPSA) is 3.24 Å². The lowest BCUT2D eigenvalue weighted by molar-refractivity contribution is 0.233. The highest BCUT2D eigenvalue weighted by Crippen LogP contribution is 2.25. The second-order valence-corrected chi connectivity index (χ2v) is 6.17. The van der Waals surface area contributed by atoms with E-state index in [1.165, 1.54) is 18.9 Å². The molecule has 4 heteroatoms. The van der Waals surface area contributed by atoms with Crippen LogP contribution in [0.15, 0.2) is 22.7 Å². The summed E-state index contributed by atoms with van der Waals surface area (Å²) in [6.07, 6.45) is 4.70. The summed E-state index contributed by atoms with van der Waals surface area (Å²) in [5.74, 6) is 0.562. The van der Waals surface area contributed by atoms with Gasteiger partial charge in [0.05, 0.1) is 0 Å². The van der Waals surface area contributed by atoms with E-state index >= 15 is 0 Å². The molecule has 2 rings (SSSR count). The van der Waals surface area contributed by atoms with Crippen LogP contribution in [-0.4, -0.2) is 23.4 Å². The van der Waals surface area contributed by atoms with Crippen molar-refractivity contribution < 1.29 is 4.39 Å². The number of rotatable bonds is 5. The van der Waals surface area contributed by atoms with Gasteiger partial charge in [0.2, 0.25) is 0 Å². The molecule has 100 valence electrons. The van der Waals surface area contributed by atoms with E-state index in [1.807, 2.05) is 6.07 Å². The fourth-order valence-corrected chi connectivity index (χ4v) is 3.35. The quantitative estimate of drug-likeness (QED) is 0.713. The van der Waals surface area contributed by atoms with E-state index < -0.39 is 0 Å². The molecule has 1 aliphatic heterocycles. The van der Waals surface area contributed by atoms with E-state index in [9.17, 15) is 4.39 Å². The Hall–Kier alpha value is -0.120. The number of likely N-dealkylation sites (tertiary alicyclic amines) is 1. The van der Waals surface area contributed by atoms with Crippen molar-refractivity contribution in [3.8, 4) is 0 Å². The number of hydrogen-bond acceptors (Lipinski definition) is 1. The number of benzene rings is 1. The molecule has 1 aromatic carbocycles. The Morgan fingerprint density at radius 3 is 2.94 bits per heavy atom. The Morgan fingerprint density at radius 2 is 2.22 bits per heavy atom. The number of alkyl halides is 1. The molecule has 0 aromatic heterocycles. The third kappa shape index (κ3) is 3.94. The zero-order valence-electron chi connectivity index (χ0n) is 10.3. The minimum absolute atomic E-state index is 0.170. The van der Waals surface area contributed by atoms with Gasteiger partial charge >= 0.3 is 0 Å². The molecule has 1 fully saturated rings. The minimum atomic E-state index is -0.170. The molecule has 1 saturated heterocycles. The Labute approximate surface area is 121 Å². The molecular formula is C14H18BrClFN. The number of hydrogen-bond donors (Lipinski definition) is 0. The second-order valence-electron chi connectivity index (χ2n) is 4.88. The molecule has 1 unspecified atom stereocenters. The molecule has 1 atom stereocenters. The van der Waals surface area contributed by atoms with Gasteiger partial charge in [-0.05, 0) is 56.0 Å². The molecule has 1 nitrogen and oxygen atoms in total. The van der Waals surface area contributed by atoms with Crippen LogP contribution in [0.3, 0.4) is 0 Å². The van der Waals surface area contributed by atoms with Crippen LogP contribution in [0, 0.1) is 5.82 Å². The lowest BCUT2D eigenvalue weighted by Crippen LogP contribution is -2.29. The van der Waals surface area contributed by atoms with Crippen molar-refractivity contribution in [1.82, 2.24) is 4.90 Å². The average Bonchev–Trinajstić information content (AvgIpc) is 2.72. The predicted molar refractivity (Wildman–Crippen MR) is 77.5 cm³/mol. The molecule has 0 radical (unpaired) electrons. The molecule has 0 bridgehead atoms. The highest BCUT2D eigenvalue weighted by atomic mass is 79.9. The van der Waals surface area contributed by atoms with Crippen molar-refractivity contribution in [3.05, 3.63) is 34.1 Å². The van der Waals surface area contributed by atoms with E-state index in [1.54, 1.807) is 6.07 Å². The predicted octanol–water partition coefficient (Wildman–Crippen LogP) is 4.57. The van der Waals surface area contributed by atoms with Gasteiger partial charge < -0.3 is 0 Å². The molecule has 1 heterocycles. The number of nitrogens with zero attached hydrogens (tertiary/aromatic N) is 1. The van der Waals surface area contributed by atoms with Crippen LogP contribution in [0.1, 0.15) is 31.2 Å². The largest absolute Gasteiger partial charge is 0.296 e. The third-order valence-corrected chi connectivity index (χ3v) is 4.20. The lowest BCUT2D eigenvalue weighted by Gasteiger charge is -2.24. The molecule has 1 aliphatic rings. The molecule has 0 aliphatic carbocycles. The summed E-state index contributed by atoms with van der Waals surface area (Å²) in [6.45, 7) is 1.95.